The molecule has 2 aromatic heterocycles. The van der Waals surface area contributed by atoms with Crippen molar-refractivity contribution in [2.75, 3.05) is 13.6 Å². The van der Waals surface area contributed by atoms with Gasteiger partial charge in [-0.25, -0.2) is 4.98 Å². The molecule has 0 saturated carbocycles. The lowest BCUT2D eigenvalue weighted by Crippen LogP contribution is -2.33. The van der Waals surface area contributed by atoms with Crippen molar-refractivity contribution in [3.05, 3.63) is 27.1 Å². The van der Waals surface area contributed by atoms with E-state index >= 15 is 0 Å². The fraction of sp³-hybridized carbons (Fsp3) is 0.500. The van der Waals surface area contributed by atoms with Crippen molar-refractivity contribution in [2.24, 2.45) is 0 Å². The molecule has 3 rings (SSSR count). The van der Waals surface area contributed by atoms with Gasteiger partial charge < -0.3 is 10.0 Å². The van der Waals surface area contributed by atoms with Gasteiger partial charge in [0.25, 0.3) is 5.56 Å². The average molecular weight is 349 g/mol. The lowest BCUT2D eigenvalue weighted by Gasteiger charge is -2.15. The molecule has 7 nitrogen and oxygen atoms in total. The largest absolute Gasteiger partial charge is 0.480 e. The maximum absolute atomic E-state index is 12.7. The van der Waals surface area contributed by atoms with Crippen LogP contribution < -0.4 is 5.56 Å². The van der Waals surface area contributed by atoms with Crippen molar-refractivity contribution in [1.82, 2.24) is 14.5 Å². The van der Waals surface area contributed by atoms with Gasteiger partial charge in [-0.15, -0.1) is 11.3 Å². The van der Waals surface area contributed by atoms with Crippen LogP contribution in [0.3, 0.4) is 0 Å². The molecule has 0 bridgehead atoms. The highest BCUT2D eigenvalue weighted by Gasteiger charge is 2.20. The van der Waals surface area contributed by atoms with E-state index in [0.717, 1.165) is 41.0 Å². The number of thiophene rings is 1. The van der Waals surface area contributed by atoms with E-state index in [-0.39, 0.29) is 31.0 Å². The first-order valence-electron chi connectivity index (χ1n) is 7.93. The number of carbonyl (C=O) groups excluding carboxylic acids is 1. The van der Waals surface area contributed by atoms with Crippen LogP contribution >= 0.6 is 11.3 Å². The van der Waals surface area contributed by atoms with Crippen LogP contribution in [0.4, 0.5) is 0 Å². The topological polar surface area (TPSA) is 92.5 Å². The first-order chi connectivity index (χ1) is 11.5. The molecule has 24 heavy (non-hydrogen) atoms. The maximum atomic E-state index is 12.7. The van der Waals surface area contributed by atoms with E-state index in [1.54, 1.807) is 11.3 Å². The average Bonchev–Trinajstić information content (AvgIpc) is 2.92. The molecule has 2 aromatic rings. The number of fused-ring (bicyclic) bond motifs is 3. The van der Waals surface area contributed by atoms with E-state index < -0.39 is 5.97 Å². The SMILES string of the molecule is CN(CC(=O)O)C(=O)CCn1cnc2sc3c(c2c1=O)CCCC3. The minimum Gasteiger partial charge on any atom is -0.480 e. The summed E-state index contributed by atoms with van der Waals surface area (Å²) in [6.07, 6.45) is 5.72. The Bertz CT molecular complexity index is 855. The van der Waals surface area contributed by atoms with Gasteiger partial charge >= 0.3 is 5.97 Å². The molecule has 0 saturated heterocycles. The third kappa shape index (κ3) is 3.19. The number of aromatic nitrogens is 2. The van der Waals surface area contributed by atoms with Gasteiger partial charge in [-0.2, -0.15) is 0 Å². The second-order valence-corrected chi connectivity index (χ2v) is 7.11. The molecule has 1 amide bonds. The van der Waals surface area contributed by atoms with Crippen LogP contribution in [0.25, 0.3) is 10.2 Å². The van der Waals surface area contributed by atoms with Crippen molar-refractivity contribution in [3.63, 3.8) is 0 Å². The number of rotatable bonds is 5. The number of aryl methyl sites for hydroxylation is 3. The molecule has 1 aliphatic carbocycles. The zero-order valence-electron chi connectivity index (χ0n) is 13.4. The van der Waals surface area contributed by atoms with E-state index in [1.165, 1.54) is 22.8 Å². The first kappa shape index (κ1) is 16.6. The highest BCUT2D eigenvalue weighted by molar-refractivity contribution is 7.18. The van der Waals surface area contributed by atoms with Gasteiger partial charge in [0, 0.05) is 24.9 Å². The van der Waals surface area contributed by atoms with E-state index in [2.05, 4.69) is 4.98 Å². The zero-order valence-corrected chi connectivity index (χ0v) is 14.3. The zero-order chi connectivity index (χ0) is 17.3. The van der Waals surface area contributed by atoms with Gasteiger partial charge in [-0.3, -0.25) is 19.0 Å². The van der Waals surface area contributed by atoms with E-state index in [1.807, 2.05) is 0 Å². The molecule has 0 aromatic carbocycles. The van der Waals surface area contributed by atoms with Gasteiger partial charge in [-0.1, -0.05) is 0 Å². The summed E-state index contributed by atoms with van der Waals surface area (Å²) >= 11 is 1.59. The van der Waals surface area contributed by atoms with Crippen molar-refractivity contribution >= 4 is 33.4 Å². The van der Waals surface area contributed by atoms with Crippen LogP contribution in [0.15, 0.2) is 11.1 Å². The summed E-state index contributed by atoms with van der Waals surface area (Å²) in [6, 6.07) is 0. The van der Waals surface area contributed by atoms with Gasteiger partial charge in [0.05, 0.1) is 11.7 Å². The quantitative estimate of drug-likeness (QED) is 0.877. The monoisotopic (exact) mass is 349 g/mol. The predicted octanol–water partition coefficient (Wildman–Crippen LogP) is 1.27. The molecule has 2 heterocycles. The molecule has 1 aliphatic rings. The Labute approximate surface area is 142 Å². The summed E-state index contributed by atoms with van der Waals surface area (Å²) < 4.78 is 1.45. The number of carboxylic acids is 1. The minimum atomic E-state index is -1.06. The summed E-state index contributed by atoms with van der Waals surface area (Å²) in [7, 11) is 1.44. The number of carbonyl (C=O) groups is 2. The van der Waals surface area contributed by atoms with Crippen LogP contribution in [-0.4, -0.2) is 45.0 Å². The van der Waals surface area contributed by atoms with Crippen molar-refractivity contribution in [2.45, 2.75) is 38.6 Å². The number of hydrogen-bond acceptors (Lipinski definition) is 5. The summed E-state index contributed by atoms with van der Waals surface area (Å²) in [4.78, 5) is 42.9. The maximum Gasteiger partial charge on any atom is 0.323 e. The summed E-state index contributed by atoms with van der Waals surface area (Å²) in [5, 5.41) is 9.41. The van der Waals surface area contributed by atoms with Crippen LogP contribution in [0, 0.1) is 0 Å². The number of likely N-dealkylation sites (N-methyl/N-ethyl adjacent to an activating group) is 1. The van der Waals surface area contributed by atoms with E-state index in [9.17, 15) is 14.4 Å². The van der Waals surface area contributed by atoms with Crippen molar-refractivity contribution in [3.8, 4) is 0 Å². The molecule has 0 spiro atoms. The first-order valence-corrected chi connectivity index (χ1v) is 8.74. The van der Waals surface area contributed by atoms with Crippen LogP contribution in [0.1, 0.15) is 29.7 Å². The molecular weight excluding hydrogens is 330 g/mol. The molecule has 0 unspecified atom stereocenters. The van der Waals surface area contributed by atoms with Gasteiger partial charge in [0.1, 0.15) is 11.4 Å². The number of hydrogen-bond donors (Lipinski definition) is 1. The molecule has 8 heteroatoms. The Hall–Kier alpha value is -2.22. The molecule has 1 N–H and O–H groups in total. The Balaban J connectivity index is 1.81. The number of nitrogens with zero attached hydrogens (tertiary/aromatic N) is 3. The fourth-order valence-electron chi connectivity index (χ4n) is 3.04. The molecule has 0 radical (unpaired) electrons. The Morgan fingerprint density at radius 1 is 1.38 bits per heavy atom. The third-order valence-corrected chi connectivity index (χ3v) is 5.51. The van der Waals surface area contributed by atoms with Crippen molar-refractivity contribution < 1.29 is 14.7 Å². The lowest BCUT2D eigenvalue weighted by molar-refractivity contribution is -0.143. The molecule has 0 aliphatic heterocycles. The lowest BCUT2D eigenvalue weighted by atomic mass is 9.97. The summed E-state index contributed by atoms with van der Waals surface area (Å²) in [5.41, 5.74) is 1.02. The fourth-order valence-corrected chi connectivity index (χ4v) is 4.26. The van der Waals surface area contributed by atoms with Crippen LogP contribution in [0.2, 0.25) is 0 Å². The van der Waals surface area contributed by atoms with Gasteiger partial charge in [-0.05, 0) is 31.2 Å². The van der Waals surface area contributed by atoms with Gasteiger partial charge in [0.2, 0.25) is 5.91 Å². The second-order valence-electron chi connectivity index (χ2n) is 6.03. The number of amides is 1. The van der Waals surface area contributed by atoms with E-state index in [4.69, 9.17) is 5.11 Å². The number of carboxylic acid groups (broad SMARTS) is 1. The molecule has 0 atom stereocenters. The Morgan fingerprint density at radius 3 is 2.88 bits per heavy atom. The third-order valence-electron chi connectivity index (χ3n) is 4.31. The predicted molar refractivity (Wildman–Crippen MR) is 90.4 cm³/mol. The highest BCUT2D eigenvalue weighted by atomic mass is 32.1. The number of aliphatic carboxylic acids is 1. The molecule has 0 fully saturated rings. The standard InChI is InChI=1S/C16H19N3O4S/c1-18(8-13(21)22)12(20)6-7-19-9-17-15-14(16(19)23)10-4-2-3-5-11(10)24-15/h9H,2-8H2,1H3,(H,21,22). The van der Waals surface area contributed by atoms with Crippen LogP contribution in [-0.2, 0) is 29.0 Å². The summed E-state index contributed by atoms with van der Waals surface area (Å²) in [6.45, 7) is -0.141. The second kappa shape index (κ2) is 6.72. The van der Waals surface area contributed by atoms with Gasteiger partial charge in [0.15, 0.2) is 0 Å². The normalized spacial score (nSPS) is 13.7. The van der Waals surface area contributed by atoms with E-state index in [0.29, 0.717) is 5.39 Å². The molecular formula is C16H19N3O4S. The highest BCUT2D eigenvalue weighted by Crippen LogP contribution is 2.33. The summed E-state index contributed by atoms with van der Waals surface area (Å²) in [5.74, 6) is -1.37. The Kier molecular flexibility index (Phi) is 4.66. The Morgan fingerprint density at radius 2 is 2.12 bits per heavy atom. The van der Waals surface area contributed by atoms with Crippen molar-refractivity contribution in [1.29, 1.82) is 0 Å². The smallest absolute Gasteiger partial charge is 0.323 e. The van der Waals surface area contributed by atoms with Crippen LogP contribution in [0.5, 0.6) is 0 Å². The minimum absolute atomic E-state index is 0.0726. The molecule has 128 valence electrons.